The van der Waals surface area contributed by atoms with Crippen molar-refractivity contribution in [3.8, 4) is 11.8 Å². The molecule has 34 heavy (non-hydrogen) atoms. The van der Waals surface area contributed by atoms with Crippen LogP contribution in [0.15, 0.2) is 36.7 Å². The molecule has 1 aliphatic heterocycles. The standard InChI is InChI=1S/C25H26N6O3/c1-15-8-21(33-3)20(19-6-7-27-23(15)19)12-31-11-17-5-4-16(9-26)24(25(17)29-31)28-10-22(32)30(2)18-13-34-14-18/h4-8,11,18,27-28H,10,12-14H2,1-3H3. The number of nitriles is 1. The highest BCUT2D eigenvalue weighted by atomic mass is 16.5. The van der Waals surface area contributed by atoms with Crippen LogP contribution in [0.2, 0.25) is 0 Å². The van der Waals surface area contributed by atoms with Crippen molar-refractivity contribution in [2.45, 2.75) is 19.5 Å². The molecule has 1 saturated heterocycles. The largest absolute Gasteiger partial charge is 0.496 e. The normalized spacial score (nSPS) is 13.6. The predicted molar refractivity (Wildman–Crippen MR) is 129 cm³/mol. The number of rotatable bonds is 7. The van der Waals surface area contributed by atoms with E-state index in [4.69, 9.17) is 14.6 Å². The molecule has 9 nitrogen and oxygen atoms in total. The van der Waals surface area contributed by atoms with E-state index >= 15 is 0 Å². The van der Waals surface area contributed by atoms with E-state index in [1.807, 2.05) is 42.2 Å². The van der Waals surface area contributed by atoms with Gasteiger partial charge in [0.05, 0.1) is 50.7 Å². The third-order valence-corrected chi connectivity index (χ3v) is 6.48. The van der Waals surface area contributed by atoms with Crippen molar-refractivity contribution in [1.29, 1.82) is 5.26 Å². The van der Waals surface area contributed by atoms with Gasteiger partial charge in [0.25, 0.3) is 0 Å². The summed E-state index contributed by atoms with van der Waals surface area (Å²) in [4.78, 5) is 17.6. The molecule has 0 spiro atoms. The van der Waals surface area contributed by atoms with Crippen LogP contribution in [0.1, 0.15) is 16.7 Å². The number of benzene rings is 2. The Bertz CT molecular complexity index is 1430. The van der Waals surface area contributed by atoms with Gasteiger partial charge >= 0.3 is 0 Å². The molecule has 0 saturated carbocycles. The highest BCUT2D eigenvalue weighted by Gasteiger charge is 2.26. The molecule has 1 amide bonds. The van der Waals surface area contributed by atoms with E-state index in [2.05, 4.69) is 16.4 Å². The van der Waals surface area contributed by atoms with Gasteiger partial charge in [-0.05, 0) is 36.8 Å². The number of nitrogens with zero attached hydrogens (tertiary/aromatic N) is 4. The number of likely N-dealkylation sites (N-methyl/N-ethyl adjacent to an activating group) is 1. The SMILES string of the molecule is COc1cc(C)c2[nH]ccc2c1Cn1cc2ccc(C#N)c(NCC(=O)N(C)C3COC3)c2n1. The zero-order valence-corrected chi connectivity index (χ0v) is 19.4. The van der Waals surface area contributed by atoms with Crippen LogP contribution in [0.25, 0.3) is 21.8 Å². The van der Waals surface area contributed by atoms with Gasteiger partial charge in [-0.2, -0.15) is 10.4 Å². The number of carbonyl (C=O) groups is 1. The van der Waals surface area contributed by atoms with E-state index in [1.54, 1.807) is 25.1 Å². The Hall–Kier alpha value is -4.03. The molecule has 2 N–H and O–H groups in total. The van der Waals surface area contributed by atoms with E-state index in [-0.39, 0.29) is 18.5 Å². The fourth-order valence-electron chi connectivity index (χ4n) is 4.37. The minimum absolute atomic E-state index is 0.0622. The maximum Gasteiger partial charge on any atom is 0.242 e. The molecule has 4 aromatic rings. The Kier molecular flexibility index (Phi) is 5.59. The van der Waals surface area contributed by atoms with Crippen LogP contribution >= 0.6 is 0 Å². The van der Waals surface area contributed by atoms with E-state index in [0.717, 1.165) is 33.2 Å². The average Bonchev–Trinajstić information content (AvgIpc) is 3.45. The zero-order valence-electron chi connectivity index (χ0n) is 19.4. The van der Waals surface area contributed by atoms with Gasteiger partial charge in [-0.1, -0.05) is 0 Å². The van der Waals surface area contributed by atoms with Crippen LogP contribution in [-0.4, -0.2) is 65.5 Å². The number of aromatic amines is 1. The van der Waals surface area contributed by atoms with E-state index in [1.165, 1.54) is 0 Å². The smallest absolute Gasteiger partial charge is 0.242 e. The number of amides is 1. The summed E-state index contributed by atoms with van der Waals surface area (Å²) in [6.45, 7) is 3.73. The number of ether oxygens (including phenoxy) is 2. The summed E-state index contributed by atoms with van der Waals surface area (Å²) in [6.07, 6.45) is 3.87. The fraction of sp³-hybridized carbons (Fsp3) is 0.320. The highest BCUT2D eigenvalue weighted by molar-refractivity contribution is 5.95. The first kappa shape index (κ1) is 21.8. The molecule has 5 rings (SSSR count). The minimum atomic E-state index is -0.0622. The molecule has 0 radical (unpaired) electrons. The number of nitrogens with one attached hydrogen (secondary N) is 2. The van der Waals surface area contributed by atoms with Crippen molar-refractivity contribution >= 4 is 33.4 Å². The van der Waals surface area contributed by atoms with Gasteiger partial charge in [0.15, 0.2) is 0 Å². The maximum atomic E-state index is 12.6. The van der Waals surface area contributed by atoms with Crippen molar-refractivity contribution in [3.05, 3.63) is 53.3 Å². The lowest BCUT2D eigenvalue weighted by molar-refractivity contribution is -0.139. The number of H-pyrrole nitrogens is 1. The quantitative estimate of drug-likeness (QED) is 0.441. The molecule has 0 bridgehead atoms. The van der Waals surface area contributed by atoms with Crippen LogP contribution in [-0.2, 0) is 16.1 Å². The first-order valence-corrected chi connectivity index (χ1v) is 11.1. The molecule has 0 aliphatic carbocycles. The first-order chi connectivity index (χ1) is 16.5. The summed E-state index contributed by atoms with van der Waals surface area (Å²) in [7, 11) is 3.44. The van der Waals surface area contributed by atoms with Gasteiger partial charge in [-0.15, -0.1) is 0 Å². The van der Waals surface area contributed by atoms with Gasteiger partial charge in [0, 0.05) is 41.3 Å². The average molecular weight is 459 g/mol. The zero-order chi connectivity index (χ0) is 23.8. The summed E-state index contributed by atoms with van der Waals surface area (Å²) in [5.74, 6) is 0.738. The third-order valence-electron chi connectivity index (χ3n) is 6.48. The van der Waals surface area contributed by atoms with Crippen LogP contribution in [0.5, 0.6) is 5.75 Å². The maximum absolute atomic E-state index is 12.6. The van der Waals surface area contributed by atoms with Crippen LogP contribution in [0.3, 0.4) is 0 Å². The molecule has 1 aliphatic rings. The van der Waals surface area contributed by atoms with Gasteiger partial charge in [-0.3, -0.25) is 9.48 Å². The minimum Gasteiger partial charge on any atom is -0.496 e. The Labute approximate surface area is 196 Å². The predicted octanol–water partition coefficient (Wildman–Crippen LogP) is 3.02. The number of aryl methyl sites for hydroxylation is 1. The van der Waals surface area contributed by atoms with Gasteiger partial charge in [0.1, 0.15) is 17.3 Å². The number of hydrogen-bond donors (Lipinski definition) is 2. The number of methoxy groups -OCH3 is 1. The Morgan fingerprint density at radius 3 is 2.94 bits per heavy atom. The van der Waals surface area contributed by atoms with E-state index < -0.39 is 0 Å². The van der Waals surface area contributed by atoms with E-state index in [9.17, 15) is 10.1 Å². The third kappa shape index (κ3) is 3.72. The molecule has 174 valence electrons. The molecule has 9 heteroatoms. The topological polar surface area (TPSA) is 108 Å². The Morgan fingerprint density at radius 2 is 2.24 bits per heavy atom. The number of anilines is 1. The summed E-state index contributed by atoms with van der Waals surface area (Å²) < 4.78 is 12.7. The molecule has 2 aromatic carbocycles. The second-order valence-electron chi connectivity index (χ2n) is 8.55. The summed E-state index contributed by atoms with van der Waals surface area (Å²) >= 11 is 0. The Morgan fingerprint density at radius 1 is 1.41 bits per heavy atom. The summed E-state index contributed by atoms with van der Waals surface area (Å²) in [5, 5.41) is 19.6. The molecule has 3 heterocycles. The number of carbonyl (C=O) groups excluding carboxylic acids is 1. The van der Waals surface area contributed by atoms with E-state index in [0.29, 0.717) is 36.5 Å². The number of hydrogen-bond acceptors (Lipinski definition) is 6. The Balaban J connectivity index is 1.47. The lowest BCUT2D eigenvalue weighted by Gasteiger charge is -2.34. The second kappa shape index (κ2) is 8.72. The number of fused-ring (bicyclic) bond motifs is 2. The van der Waals surface area contributed by atoms with Crippen LogP contribution in [0, 0.1) is 18.3 Å². The van der Waals surface area contributed by atoms with Crippen molar-refractivity contribution < 1.29 is 14.3 Å². The molecule has 2 aromatic heterocycles. The van der Waals surface area contributed by atoms with Crippen molar-refractivity contribution in [1.82, 2.24) is 19.7 Å². The molecule has 0 unspecified atom stereocenters. The summed E-state index contributed by atoms with van der Waals surface area (Å²) in [5.41, 5.74) is 4.86. The van der Waals surface area contributed by atoms with Crippen molar-refractivity contribution in [2.24, 2.45) is 0 Å². The second-order valence-corrected chi connectivity index (χ2v) is 8.55. The highest BCUT2D eigenvalue weighted by Crippen LogP contribution is 2.32. The summed E-state index contributed by atoms with van der Waals surface area (Å²) in [6, 6.07) is 10.0. The monoisotopic (exact) mass is 458 g/mol. The molecule has 1 fully saturated rings. The molecular formula is C25H26N6O3. The first-order valence-electron chi connectivity index (χ1n) is 11.1. The lowest BCUT2D eigenvalue weighted by atomic mass is 10.0. The van der Waals surface area contributed by atoms with Crippen molar-refractivity contribution in [2.75, 3.05) is 39.2 Å². The van der Waals surface area contributed by atoms with Gasteiger partial charge in [0.2, 0.25) is 5.91 Å². The van der Waals surface area contributed by atoms with Gasteiger partial charge in [-0.25, -0.2) is 0 Å². The lowest BCUT2D eigenvalue weighted by Crippen LogP contribution is -2.51. The molecule has 0 atom stereocenters. The van der Waals surface area contributed by atoms with Crippen molar-refractivity contribution in [3.63, 3.8) is 0 Å². The van der Waals surface area contributed by atoms with Crippen LogP contribution in [0.4, 0.5) is 5.69 Å². The molecular weight excluding hydrogens is 432 g/mol. The number of aromatic nitrogens is 3. The fourth-order valence-corrected chi connectivity index (χ4v) is 4.37. The van der Waals surface area contributed by atoms with Gasteiger partial charge < -0.3 is 24.7 Å². The van der Waals surface area contributed by atoms with Crippen LogP contribution < -0.4 is 10.1 Å².